The minimum Gasteiger partial charge on any atom is -0.308 e. The molecule has 0 amide bonds. The van der Waals surface area contributed by atoms with Gasteiger partial charge in [-0.3, -0.25) is 0 Å². The summed E-state index contributed by atoms with van der Waals surface area (Å²) in [6.07, 6.45) is -2.38. The maximum atomic E-state index is 12.0. The Morgan fingerprint density at radius 3 is 2.33 bits per heavy atom. The molecular formula is C8H14F2N2. The number of rotatable bonds is 4. The SMILES string of the molecule is CC(NCC(C)(C)C#N)C(F)F. The van der Waals surface area contributed by atoms with Gasteiger partial charge in [0.25, 0.3) is 6.43 Å². The molecule has 12 heavy (non-hydrogen) atoms. The molecule has 4 heteroatoms. The maximum absolute atomic E-state index is 12.0. The Morgan fingerprint density at radius 1 is 1.50 bits per heavy atom. The highest BCUT2D eigenvalue weighted by atomic mass is 19.3. The van der Waals surface area contributed by atoms with Crippen LogP contribution in [0.2, 0.25) is 0 Å². The minimum absolute atomic E-state index is 0.287. The Balaban J connectivity index is 3.77. The molecule has 0 rings (SSSR count). The lowest BCUT2D eigenvalue weighted by Gasteiger charge is -2.19. The van der Waals surface area contributed by atoms with Crippen molar-refractivity contribution in [2.24, 2.45) is 5.41 Å². The van der Waals surface area contributed by atoms with E-state index in [1.165, 1.54) is 6.92 Å². The van der Waals surface area contributed by atoms with Crippen LogP contribution in [-0.2, 0) is 0 Å². The molecule has 0 bridgehead atoms. The first kappa shape index (κ1) is 11.3. The van der Waals surface area contributed by atoms with Gasteiger partial charge in [-0.1, -0.05) is 0 Å². The molecule has 0 aliphatic rings. The third-order valence-electron chi connectivity index (χ3n) is 1.55. The number of nitrogens with one attached hydrogen (secondary N) is 1. The fourth-order valence-corrected chi connectivity index (χ4v) is 0.545. The zero-order chi connectivity index (χ0) is 9.78. The topological polar surface area (TPSA) is 35.8 Å². The summed E-state index contributed by atoms with van der Waals surface area (Å²) in [5.41, 5.74) is -0.580. The van der Waals surface area contributed by atoms with Crippen LogP contribution in [0.4, 0.5) is 8.78 Å². The number of hydrogen-bond acceptors (Lipinski definition) is 2. The van der Waals surface area contributed by atoms with Crippen molar-refractivity contribution in [2.45, 2.75) is 33.2 Å². The Bertz CT molecular complexity index is 172. The van der Waals surface area contributed by atoms with E-state index >= 15 is 0 Å². The molecule has 0 aliphatic heterocycles. The Labute approximate surface area is 71.6 Å². The zero-order valence-corrected chi connectivity index (χ0v) is 7.56. The van der Waals surface area contributed by atoms with Gasteiger partial charge < -0.3 is 5.32 Å². The highest BCUT2D eigenvalue weighted by Crippen LogP contribution is 2.11. The highest BCUT2D eigenvalue weighted by molar-refractivity contribution is 4.93. The van der Waals surface area contributed by atoms with Gasteiger partial charge in [0.2, 0.25) is 0 Å². The van der Waals surface area contributed by atoms with E-state index < -0.39 is 17.9 Å². The Kier molecular flexibility index (Phi) is 4.11. The molecule has 1 N–H and O–H groups in total. The van der Waals surface area contributed by atoms with Gasteiger partial charge in [-0.2, -0.15) is 5.26 Å². The van der Waals surface area contributed by atoms with E-state index in [0.717, 1.165) is 0 Å². The number of alkyl halides is 2. The quantitative estimate of drug-likeness (QED) is 0.708. The minimum atomic E-state index is -2.38. The van der Waals surface area contributed by atoms with E-state index in [0.29, 0.717) is 0 Å². The number of halogens is 2. The first-order valence-electron chi connectivity index (χ1n) is 3.82. The molecule has 0 fully saturated rings. The summed E-state index contributed by atoms with van der Waals surface area (Å²) in [5.74, 6) is 0. The summed E-state index contributed by atoms with van der Waals surface area (Å²) < 4.78 is 23.9. The van der Waals surface area contributed by atoms with Crippen LogP contribution >= 0.6 is 0 Å². The highest BCUT2D eigenvalue weighted by Gasteiger charge is 2.20. The van der Waals surface area contributed by atoms with E-state index in [1.54, 1.807) is 13.8 Å². The molecule has 0 spiro atoms. The first-order chi connectivity index (χ1) is 5.39. The standard InChI is InChI=1S/C8H14F2N2/c1-6(7(9)10)12-5-8(2,3)4-11/h6-7,12H,5H2,1-3H3. The summed E-state index contributed by atoms with van der Waals surface area (Å²) in [5, 5.41) is 11.2. The lowest BCUT2D eigenvalue weighted by molar-refractivity contribution is 0.103. The fourth-order valence-electron chi connectivity index (χ4n) is 0.545. The lowest BCUT2D eigenvalue weighted by Crippen LogP contribution is -2.38. The van der Waals surface area contributed by atoms with Crippen LogP contribution in [0.5, 0.6) is 0 Å². The van der Waals surface area contributed by atoms with Crippen molar-refractivity contribution >= 4 is 0 Å². The number of nitrogens with zero attached hydrogens (tertiary/aromatic N) is 1. The van der Waals surface area contributed by atoms with Gasteiger partial charge in [-0.05, 0) is 20.8 Å². The van der Waals surface area contributed by atoms with Crippen LogP contribution in [0.3, 0.4) is 0 Å². The normalized spacial score (nSPS) is 14.4. The molecule has 0 heterocycles. The van der Waals surface area contributed by atoms with Crippen molar-refractivity contribution in [2.75, 3.05) is 6.54 Å². The third-order valence-corrected chi connectivity index (χ3v) is 1.55. The predicted molar refractivity (Wildman–Crippen MR) is 42.9 cm³/mol. The van der Waals surface area contributed by atoms with Crippen molar-refractivity contribution in [3.05, 3.63) is 0 Å². The molecule has 1 atom stereocenters. The lowest BCUT2D eigenvalue weighted by atomic mass is 9.96. The average molecular weight is 176 g/mol. The van der Waals surface area contributed by atoms with Crippen LogP contribution in [0, 0.1) is 16.7 Å². The van der Waals surface area contributed by atoms with Crippen LogP contribution in [0.25, 0.3) is 0 Å². The summed E-state index contributed by atoms with van der Waals surface area (Å²) in [6.45, 7) is 5.10. The summed E-state index contributed by atoms with van der Waals surface area (Å²) in [6, 6.07) is 1.18. The van der Waals surface area contributed by atoms with Gasteiger partial charge in [0, 0.05) is 6.54 Å². The summed E-state index contributed by atoms with van der Waals surface area (Å²) in [7, 11) is 0. The van der Waals surface area contributed by atoms with E-state index in [2.05, 4.69) is 5.32 Å². The van der Waals surface area contributed by atoms with Crippen molar-refractivity contribution in [1.82, 2.24) is 5.32 Å². The molecule has 0 aromatic heterocycles. The molecular weight excluding hydrogens is 162 g/mol. The molecule has 0 aliphatic carbocycles. The van der Waals surface area contributed by atoms with Crippen LogP contribution in [0.15, 0.2) is 0 Å². The van der Waals surface area contributed by atoms with Gasteiger partial charge in [-0.25, -0.2) is 8.78 Å². The predicted octanol–water partition coefficient (Wildman–Crippen LogP) is 1.78. The molecule has 0 saturated heterocycles. The van der Waals surface area contributed by atoms with E-state index in [9.17, 15) is 8.78 Å². The molecule has 0 aromatic carbocycles. The molecule has 1 unspecified atom stereocenters. The van der Waals surface area contributed by atoms with E-state index in [1.807, 2.05) is 6.07 Å². The first-order valence-corrected chi connectivity index (χ1v) is 3.82. The van der Waals surface area contributed by atoms with Crippen molar-refractivity contribution in [3.63, 3.8) is 0 Å². The van der Waals surface area contributed by atoms with E-state index in [4.69, 9.17) is 5.26 Å². The average Bonchev–Trinajstić information content (AvgIpc) is 2.00. The molecule has 0 saturated carbocycles. The van der Waals surface area contributed by atoms with Gasteiger partial charge in [-0.15, -0.1) is 0 Å². The number of nitriles is 1. The second-order valence-electron chi connectivity index (χ2n) is 3.50. The summed E-state index contributed by atoms with van der Waals surface area (Å²) in [4.78, 5) is 0. The van der Waals surface area contributed by atoms with Crippen LogP contribution < -0.4 is 5.32 Å². The molecule has 0 aromatic rings. The Hall–Kier alpha value is -0.690. The van der Waals surface area contributed by atoms with Crippen molar-refractivity contribution < 1.29 is 8.78 Å². The van der Waals surface area contributed by atoms with Crippen LogP contribution in [0.1, 0.15) is 20.8 Å². The molecule has 0 radical (unpaired) electrons. The number of hydrogen-bond donors (Lipinski definition) is 1. The van der Waals surface area contributed by atoms with Crippen molar-refractivity contribution in [3.8, 4) is 6.07 Å². The van der Waals surface area contributed by atoms with E-state index in [-0.39, 0.29) is 6.54 Å². The Morgan fingerprint density at radius 2 is 2.00 bits per heavy atom. The zero-order valence-electron chi connectivity index (χ0n) is 7.56. The maximum Gasteiger partial charge on any atom is 0.253 e. The van der Waals surface area contributed by atoms with Gasteiger partial charge in [0.1, 0.15) is 0 Å². The third kappa shape index (κ3) is 4.24. The fraction of sp³-hybridized carbons (Fsp3) is 0.875. The smallest absolute Gasteiger partial charge is 0.253 e. The molecule has 70 valence electrons. The summed E-state index contributed by atoms with van der Waals surface area (Å²) >= 11 is 0. The molecule has 2 nitrogen and oxygen atoms in total. The van der Waals surface area contributed by atoms with Gasteiger partial charge in [0.05, 0.1) is 17.5 Å². The second-order valence-corrected chi connectivity index (χ2v) is 3.50. The van der Waals surface area contributed by atoms with Gasteiger partial charge in [0.15, 0.2) is 0 Å². The van der Waals surface area contributed by atoms with Gasteiger partial charge >= 0.3 is 0 Å². The second kappa shape index (κ2) is 4.36. The monoisotopic (exact) mass is 176 g/mol. The van der Waals surface area contributed by atoms with Crippen molar-refractivity contribution in [1.29, 1.82) is 5.26 Å². The largest absolute Gasteiger partial charge is 0.308 e. The van der Waals surface area contributed by atoms with Crippen LogP contribution in [-0.4, -0.2) is 19.0 Å².